The number of nitrogens with zero attached hydrogens (tertiary/aromatic N) is 1. The molecule has 1 aromatic rings. The van der Waals surface area contributed by atoms with Gasteiger partial charge in [-0.3, -0.25) is 15.1 Å². The standard InChI is InChI=1S/C17H23N3O3S/c21-17(14-5-2-6-22-14)19-9-16-20-11-3-1-4-13(23-16)12(7-11)15-8-18-10-24-15/h2,5-6,10-13,15-16,20H,1,3-4,7-9H2,(H,19,21). The van der Waals surface area contributed by atoms with E-state index in [1.165, 1.54) is 19.1 Å². The molecule has 4 rings (SSSR count). The van der Waals surface area contributed by atoms with Crippen LogP contribution in [0.5, 0.6) is 0 Å². The Morgan fingerprint density at radius 1 is 1.46 bits per heavy atom. The van der Waals surface area contributed by atoms with Crippen molar-refractivity contribution >= 4 is 23.2 Å². The summed E-state index contributed by atoms with van der Waals surface area (Å²) >= 11 is 1.84. The van der Waals surface area contributed by atoms with Crippen molar-refractivity contribution in [2.24, 2.45) is 10.9 Å². The van der Waals surface area contributed by atoms with Crippen molar-refractivity contribution < 1.29 is 13.9 Å². The number of aliphatic imine (C=N–C) groups is 1. The van der Waals surface area contributed by atoms with Gasteiger partial charge in [-0.25, -0.2) is 0 Å². The summed E-state index contributed by atoms with van der Waals surface area (Å²) in [6, 6.07) is 3.83. The second kappa shape index (κ2) is 7.29. The van der Waals surface area contributed by atoms with Gasteiger partial charge in [-0.15, -0.1) is 11.8 Å². The van der Waals surface area contributed by atoms with Crippen LogP contribution in [0.2, 0.25) is 0 Å². The molecule has 0 spiro atoms. The lowest BCUT2D eigenvalue weighted by molar-refractivity contribution is -0.0499. The number of carbonyl (C=O) groups excluding carboxylic acids is 1. The van der Waals surface area contributed by atoms with E-state index >= 15 is 0 Å². The number of hydrogen-bond acceptors (Lipinski definition) is 6. The fourth-order valence-corrected chi connectivity index (χ4v) is 4.93. The summed E-state index contributed by atoms with van der Waals surface area (Å²) in [5.74, 6) is 0.667. The molecule has 3 aliphatic rings. The molecule has 1 saturated heterocycles. The van der Waals surface area contributed by atoms with Crippen molar-refractivity contribution in [3.63, 3.8) is 0 Å². The average Bonchev–Trinajstić information content (AvgIpc) is 3.22. The van der Waals surface area contributed by atoms with E-state index < -0.39 is 0 Å². The Bertz CT molecular complexity index is 584. The van der Waals surface area contributed by atoms with Gasteiger partial charge in [0.1, 0.15) is 6.23 Å². The number of furan rings is 1. The zero-order valence-corrected chi connectivity index (χ0v) is 14.3. The fraction of sp³-hybridized carbons (Fsp3) is 0.647. The van der Waals surface area contributed by atoms with Gasteiger partial charge in [0.2, 0.25) is 0 Å². The number of amides is 1. The van der Waals surface area contributed by atoms with E-state index in [4.69, 9.17) is 9.15 Å². The molecule has 5 atom stereocenters. The third-order valence-electron chi connectivity index (χ3n) is 5.10. The average molecular weight is 349 g/mol. The van der Waals surface area contributed by atoms with Crippen molar-refractivity contribution in [2.45, 2.75) is 49.3 Å². The highest BCUT2D eigenvalue weighted by molar-refractivity contribution is 8.12. The number of rotatable bonds is 4. The van der Waals surface area contributed by atoms with Gasteiger partial charge in [0.05, 0.1) is 31.0 Å². The summed E-state index contributed by atoms with van der Waals surface area (Å²) in [7, 11) is 0. The molecule has 1 saturated carbocycles. The van der Waals surface area contributed by atoms with E-state index in [1.807, 2.05) is 17.3 Å². The molecule has 1 aromatic heterocycles. The summed E-state index contributed by atoms with van der Waals surface area (Å²) in [5.41, 5.74) is 1.98. The van der Waals surface area contributed by atoms with Crippen LogP contribution in [0.4, 0.5) is 0 Å². The van der Waals surface area contributed by atoms with Gasteiger partial charge in [-0.2, -0.15) is 0 Å². The topological polar surface area (TPSA) is 75.9 Å². The summed E-state index contributed by atoms with van der Waals surface area (Å²) in [5, 5.41) is 7.03. The Morgan fingerprint density at radius 2 is 2.42 bits per heavy atom. The first-order valence-corrected chi connectivity index (χ1v) is 9.61. The van der Waals surface area contributed by atoms with Gasteiger partial charge in [0.25, 0.3) is 5.91 Å². The van der Waals surface area contributed by atoms with Crippen LogP contribution in [-0.2, 0) is 4.74 Å². The molecule has 7 heteroatoms. The molecule has 0 radical (unpaired) electrons. The molecular formula is C17H23N3O3S. The molecule has 0 aromatic carbocycles. The van der Waals surface area contributed by atoms with E-state index in [1.54, 1.807) is 12.1 Å². The summed E-state index contributed by atoms with van der Waals surface area (Å²) < 4.78 is 11.5. The molecule has 2 bridgehead atoms. The lowest BCUT2D eigenvalue weighted by Gasteiger charge is -2.30. The third-order valence-corrected chi connectivity index (χ3v) is 6.22. The van der Waals surface area contributed by atoms with Crippen molar-refractivity contribution in [3.05, 3.63) is 24.2 Å². The predicted molar refractivity (Wildman–Crippen MR) is 93.3 cm³/mol. The molecule has 24 heavy (non-hydrogen) atoms. The van der Waals surface area contributed by atoms with Gasteiger partial charge in [-0.1, -0.05) is 0 Å². The highest BCUT2D eigenvalue weighted by Crippen LogP contribution is 2.37. The van der Waals surface area contributed by atoms with Crippen LogP contribution in [0.3, 0.4) is 0 Å². The van der Waals surface area contributed by atoms with Crippen LogP contribution in [0, 0.1) is 5.92 Å². The Hall–Kier alpha value is -1.31. The monoisotopic (exact) mass is 349 g/mol. The quantitative estimate of drug-likeness (QED) is 0.870. The molecule has 2 N–H and O–H groups in total. The zero-order chi connectivity index (χ0) is 16.4. The highest BCUT2D eigenvalue weighted by Gasteiger charge is 2.40. The lowest BCUT2D eigenvalue weighted by Crippen LogP contribution is -2.47. The number of hydrogen-bond donors (Lipinski definition) is 2. The first-order chi connectivity index (χ1) is 11.8. The van der Waals surface area contributed by atoms with Crippen LogP contribution in [0.1, 0.15) is 36.2 Å². The molecule has 2 aliphatic heterocycles. The minimum atomic E-state index is -0.198. The number of carbonyl (C=O) groups is 1. The van der Waals surface area contributed by atoms with Crippen LogP contribution in [0.25, 0.3) is 0 Å². The number of thioether (sulfide) groups is 1. The van der Waals surface area contributed by atoms with Crippen molar-refractivity contribution in [3.8, 4) is 0 Å². The maximum Gasteiger partial charge on any atom is 0.287 e. The van der Waals surface area contributed by atoms with Gasteiger partial charge < -0.3 is 14.5 Å². The second-order valence-electron chi connectivity index (χ2n) is 6.69. The minimum absolute atomic E-state index is 0.142. The SMILES string of the molecule is O=C(NCC1NC2CCCC(O1)C(C1CN=CS1)C2)c1ccco1. The van der Waals surface area contributed by atoms with E-state index in [0.717, 1.165) is 19.4 Å². The van der Waals surface area contributed by atoms with Crippen LogP contribution >= 0.6 is 11.8 Å². The Balaban J connectivity index is 1.38. The zero-order valence-electron chi connectivity index (χ0n) is 13.5. The normalized spacial score (nSPS) is 35.6. The molecular weight excluding hydrogens is 326 g/mol. The highest BCUT2D eigenvalue weighted by atomic mass is 32.2. The van der Waals surface area contributed by atoms with Gasteiger partial charge in [-0.05, 0) is 37.8 Å². The largest absolute Gasteiger partial charge is 0.459 e. The summed E-state index contributed by atoms with van der Waals surface area (Å²) in [6.45, 7) is 1.36. The fourth-order valence-electron chi connectivity index (χ4n) is 3.94. The maximum absolute atomic E-state index is 12.0. The summed E-state index contributed by atoms with van der Waals surface area (Å²) in [6.07, 6.45) is 6.22. The molecule has 5 unspecified atom stereocenters. The smallest absolute Gasteiger partial charge is 0.287 e. The summed E-state index contributed by atoms with van der Waals surface area (Å²) in [4.78, 5) is 16.4. The van der Waals surface area contributed by atoms with E-state index in [-0.39, 0.29) is 18.2 Å². The van der Waals surface area contributed by atoms with Gasteiger partial charge >= 0.3 is 0 Å². The minimum Gasteiger partial charge on any atom is -0.459 e. The molecule has 2 fully saturated rings. The molecule has 3 heterocycles. The van der Waals surface area contributed by atoms with Crippen molar-refractivity contribution in [1.82, 2.24) is 10.6 Å². The number of ether oxygens (including phenoxy) is 1. The lowest BCUT2D eigenvalue weighted by atomic mass is 9.92. The molecule has 1 aliphatic carbocycles. The van der Waals surface area contributed by atoms with Gasteiger partial charge in [0, 0.05) is 17.2 Å². The first-order valence-electron chi connectivity index (χ1n) is 8.66. The number of nitrogens with one attached hydrogen (secondary N) is 2. The Morgan fingerprint density at radius 3 is 3.21 bits per heavy atom. The first kappa shape index (κ1) is 16.2. The van der Waals surface area contributed by atoms with Crippen LogP contribution in [0.15, 0.2) is 27.8 Å². The van der Waals surface area contributed by atoms with Crippen LogP contribution < -0.4 is 10.6 Å². The number of fused-ring (bicyclic) bond motifs is 3. The Kier molecular flexibility index (Phi) is 4.91. The molecule has 1 amide bonds. The maximum atomic E-state index is 12.0. The van der Waals surface area contributed by atoms with Gasteiger partial charge in [0.15, 0.2) is 5.76 Å². The van der Waals surface area contributed by atoms with E-state index in [9.17, 15) is 4.79 Å². The third kappa shape index (κ3) is 3.53. The van der Waals surface area contributed by atoms with E-state index in [0.29, 0.717) is 29.5 Å². The van der Waals surface area contributed by atoms with Crippen molar-refractivity contribution in [1.29, 1.82) is 0 Å². The molecule has 6 nitrogen and oxygen atoms in total. The Labute approximate surface area is 145 Å². The molecule has 130 valence electrons. The predicted octanol–water partition coefficient (Wildman–Crippen LogP) is 2.03. The van der Waals surface area contributed by atoms with E-state index in [2.05, 4.69) is 15.6 Å². The van der Waals surface area contributed by atoms with Crippen molar-refractivity contribution in [2.75, 3.05) is 13.1 Å². The second-order valence-corrected chi connectivity index (χ2v) is 7.78. The van der Waals surface area contributed by atoms with Crippen LogP contribution in [-0.4, -0.2) is 48.2 Å².